The number of hydrogen-bond acceptors (Lipinski definition) is 3. The summed E-state index contributed by atoms with van der Waals surface area (Å²) in [5, 5.41) is 7.71. The minimum atomic E-state index is 0.0867. The molecular formula is C15H26N4. The SMILES string of the molecule is CCCCCN(c1nc(C)ccc1C(=N)N)C(C)C. The van der Waals surface area contributed by atoms with Gasteiger partial charge in [-0.25, -0.2) is 4.98 Å². The van der Waals surface area contributed by atoms with Crippen LogP contribution in [0, 0.1) is 12.3 Å². The number of unbranched alkanes of at least 4 members (excludes halogenated alkanes) is 2. The molecule has 4 heteroatoms. The number of pyridine rings is 1. The molecule has 0 amide bonds. The van der Waals surface area contributed by atoms with Crippen molar-refractivity contribution in [2.24, 2.45) is 5.73 Å². The van der Waals surface area contributed by atoms with E-state index in [0.29, 0.717) is 6.04 Å². The van der Waals surface area contributed by atoms with Crippen LogP contribution in [0.15, 0.2) is 12.1 Å². The molecule has 1 heterocycles. The molecule has 0 saturated carbocycles. The van der Waals surface area contributed by atoms with Crippen molar-refractivity contribution in [3.8, 4) is 0 Å². The quantitative estimate of drug-likeness (QED) is 0.451. The Balaban J connectivity index is 3.06. The summed E-state index contributed by atoms with van der Waals surface area (Å²) in [4.78, 5) is 6.85. The summed E-state index contributed by atoms with van der Waals surface area (Å²) >= 11 is 0. The van der Waals surface area contributed by atoms with Gasteiger partial charge < -0.3 is 10.6 Å². The Morgan fingerprint density at radius 1 is 1.37 bits per heavy atom. The highest BCUT2D eigenvalue weighted by molar-refractivity contribution is 5.99. The maximum atomic E-state index is 7.71. The molecule has 0 atom stereocenters. The van der Waals surface area contributed by atoms with Crippen LogP contribution < -0.4 is 10.6 Å². The molecule has 0 saturated heterocycles. The average molecular weight is 262 g/mol. The van der Waals surface area contributed by atoms with Crippen molar-refractivity contribution in [3.63, 3.8) is 0 Å². The van der Waals surface area contributed by atoms with Gasteiger partial charge in [0.2, 0.25) is 0 Å². The highest BCUT2D eigenvalue weighted by Crippen LogP contribution is 2.21. The lowest BCUT2D eigenvalue weighted by Gasteiger charge is -2.29. The van der Waals surface area contributed by atoms with E-state index in [2.05, 4.69) is 30.7 Å². The number of nitrogen functional groups attached to an aromatic ring is 1. The summed E-state index contributed by atoms with van der Waals surface area (Å²) in [6, 6.07) is 4.16. The van der Waals surface area contributed by atoms with Gasteiger partial charge in [-0.15, -0.1) is 0 Å². The number of amidine groups is 1. The van der Waals surface area contributed by atoms with Crippen molar-refractivity contribution < 1.29 is 0 Å². The molecule has 0 aliphatic carbocycles. The molecule has 0 bridgehead atoms. The Morgan fingerprint density at radius 3 is 2.58 bits per heavy atom. The number of aryl methyl sites for hydroxylation is 1. The Labute approximate surface area is 116 Å². The largest absolute Gasteiger partial charge is 0.384 e. The van der Waals surface area contributed by atoms with E-state index in [1.807, 2.05) is 19.1 Å². The minimum Gasteiger partial charge on any atom is -0.384 e. The van der Waals surface area contributed by atoms with E-state index in [4.69, 9.17) is 11.1 Å². The third kappa shape index (κ3) is 4.23. The van der Waals surface area contributed by atoms with Crippen molar-refractivity contribution >= 4 is 11.7 Å². The molecule has 0 spiro atoms. The van der Waals surface area contributed by atoms with Gasteiger partial charge in [0.25, 0.3) is 0 Å². The molecule has 19 heavy (non-hydrogen) atoms. The van der Waals surface area contributed by atoms with Gasteiger partial charge in [0, 0.05) is 18.3 Å². The van der Waals surface area contributed by atoms with E-state index < -0.39 is 0 Å². The summed E-state index contributed by atoms with van der Waals surface area (Å²) in [7, 11) is 0. The minimum absolute atomic E-state index is 0.0867. The number of nitrogens with two attached hydrogens (primary N) is 1. The van der Waals surface area contributed by atoms with Crippen molar-refractivity contribution in [2.45, 2.75) is 53.0 Å². The Morgan fingerprint density at radius 2 is 2.05 bits per heavy atom. The normalized spacial score (nSPS) is 10.8. The second kappa shape index (κ2) is 7.12. The first-order chi connectivity index (χ1) is 8.97. The fourth-order valence-electron chi connectivity index (χ4n) is 2.11. The van der Waals surface area contributed by atoms with Gasteiger partial charge in [-0.3, -0.25) is 5.41 Å². The summed E-state index contributed by atoms with van der Waals surface area (Å²) < 4.78 is 0. The van der Waals surface area contributed by atoms with Gasteiger partial charge in [0.15, 0.2) is 0 Å². The first kappa shape index (κ1) is 15.5. The average Bonchev–Trinajstić information content (AvgIpc) is 2.33. The summed E-state index contributed by atoms with van der Waals surface area (Å²) in [6.07, 6.45) is 3.55. The molecule has 1 rings (SSSR count). The maximum absolute atomic E-state index is 7.71. The van der Waals surface area contributed by atoms with Crippen LogP contribution in [0.1, 0.15) is 51.3 Å². The third-order valence-electron chi connectivity index (χ3n) is 3.20. The van der Waals surface area contributed by atoms with Crippen LogP contribution in [-0.2, 0) is 0 Å². The van der Waals surface area contributed by atoms with Crippen molar-refractivity contribution in [1.29, 1.82) is 5.41 Å². The summed E-state index contributed by atoms with van der Waals surface area (Å²) in [5.74, 6) is 0.933. The number of aromatic nitrogens is 1. The number of nitrogens with zero attached hydrogens (tertiary/aromatic N) is 2. The van der Waals surface area contributed by atoms with E-state index in [1.54, 1.807) is 0 Å². The van der Waals surface area contributed by atoms with Crippen LogP contribution in [0.5, 0.6) is 0 Å². The van der Waals surface area contributed by atoms with Crippen molar-refractivity contribution in [2.75, 3.05) is 11.4 Å². The summed E-state index contributed by atoms with van der Waals surface area (Å²) in [6.45, 7) is 9.44. The van der Waals surface area contributed by atoms with Gasteiger partial charge in [0.05, 0.1) is 5.56 Å². The topological polar surface area (TPSA) is 66.0 Å². The molecule has 4 nitrogen and oxygen atoms in total. The van der Waals surface area contributed by atoms with Crippen molar-refractivity contribution in [1.82, 2.24) is 4.98 Å². The van der Waals surface area contributed by atoms with Crippen LogP contribution in [-0.4, -0.2) is 23.4 Å². The number of nitrogens with one attached hydrogen (secondary N) is 1. The molecule has 0 unspecified atom stereocenters. The highest BCUT2D eigenvalue weighted by Gasteiger charge is 2.17. The molecule has 0 aromatic carbocycles. The molecule has 106 valence electrons. The highest BCUT2D eigenvalue weighted by atomic mass is 15.2. The molecule has 0 aliphatic rings. The molecule has 0 fully saturated rings. The van der Waals surface area contributed by atoms with E-state index >= 15 is 0 Å². The lowest BCUT2D eigenvalue weighted by atomic mass is 10.1. The van der Waals surface area contributed by atoms with Crippen LogP contribution >= 0.6 is 0 Å². The molecule has 0 radical (unpaired) electrons. The monoisotopic (exact) mass is 262 g/mol. The van der Waals surface area contributed by atoms with E-state index in [-0.39, 0.29) is 5.84 Å². The molecule has 1 aromatic rings. The Kier molecular flexibility index (Phi) is 5.80. The van der Waals surface area contributed by atoms with Crippen molar-refractivity contribution in [3.05, 3.63) is 23.4 Å². The van der Waals surface area contributed by atoms with Crippen LogP contribution in [0.2, 0.25) is 0 Å². The van der Waals surface area contributed by atoms with E-state index in [1.165, 1.54) is 12.8 Å². The first-order valence-corrected chi connectivity index (χ1v) is 7.06. The molecule has 1 aromatic heterocycles. The number of hydrogen-bond donors (Lipinski definition) is 2. The predicted octanol–water partition coefficient (Wildman–Crippen LogP) is 3.08. The van der Waals surface area contributed by atoms with Gasteiger partial charge in [-0.1, -0.05) is 19.8 Å². The smallest absolute Gasteiger partial charge is 0.140 e. The maximum Gasteiger partial charge on any atom is 0.140 e. The van der Waals surface area contributed by atoms with Crippen LogP contribution in [0.4, 0.5) is 5.82 Å². The zero-order valence-corrected chi connectivity index (χ0v) is 12.5. The second-order valence-electron chi connectivity index (χ2n) is 5.23. The van der Waals surface area contributed by atoms with Crippen LogP contribution in [0.25, 0.3) is 0 Å². The Bertz CT molecular complexity index is 426. The molecule has 0 aliphatic heterocycles. The Hall–Kier alpha value is -1.58. The zero-order valence-electron chi connectivity index (χ0n) is 12.5. The summed E-state index contributed by atoms with van der Waals surface area (Å²) in [5.41, 5.74) is 7.37. The number of rotatable bonds is 7. The lowest BCUT2D eigenvalue weighted by Crippen LogP contribution is -2.34. The van der Waals surface area contributed by atoms with E-state index in [0.717, 1.165) is 30.0 Å². The van der Waals surface area contributed by atoms with Gasteiger partial charge in [0.1, 0.15) is 11.7 Å². The van der Waals surface area contributed by atoms with Gasteiger partial charge in [-0.2, -0.15) is 0 Å². The molecular weight excluding hydrogens is 236 g/mol. The van der Waals surface area contributed by atoms with E-state index in [9.17, 15) is 0 Å². The zero-order chi connectivity index (χ0) is 14.4. The van der Waals surface area contributed by atoms with Crippen LogP contribution in [0.3, 0.4) is 0 Å². The lowest BCUT2D eigenvalue weighted by molar-refractivity contribution is 0.619. The molecule has 3 N–H and O–H groups in total. The fraction of sp³-hybridized carbons (Fsp3) is 0.600. The number of anilines is 1. The predicted molar refractivity (Wildman–Crippen MR) is 82.0 cm³/mol. The fourth-order valence-corrected chi connectivity index (χ4v) is 2.11. The third-order valence-corrected chi connectivity index (χ3v) is 3.20. The van der Waals surface area contributed by atoms with Gasteiger partial charge >= 0.3 is 0 Å². The first-order valence-electron chi connectivity index (χ1n) is 7.06. The van der Waals surface area contributed by atoms with Gasteiger partial charge in [-0.05, 0) is 39.3 Å². The standard InChI is InChI=1S/C15H26N4/c1-5-6-7-10-19(11(2)3)15-13(14(16)17)9-8-12(4)18-15/h8-9,11H,5-7,10H2,1-4H3,(H3,16,17). The second-order valence-corrected chi connectivity index (χ2v) is 5.23.